The molecule has 0 spiro atoms. The second-order valence-corrected chi connectivity index (χ2v) is 12.1. The SMILES string of the molecule is CC(C)(C)O[Si](O)(OC(C)(C)C)OC(C)(C)C.CCCCO.CCCCO.CCCCO.[Zr]. The number of aliphatic hydroxyl groups is 3. The normalized spacial score (nSPS) is 11.6. The van der Waals surface area contributed by atoms with Gasteiger partial charge in [-0.05, 0) is 81.6 Å². The fraction of sp³-hybridized carbons (Fsp3) is 1.00. The van der Waals surface area contributed by atoms with Gasteiger partial charge in [0.1, 0.15) is 0 Å². The average molecular weight is 578 g/mol. The van der Waals surface area contributed by atoms with Gasteiger partial charge in [0.2, 0.25) is 0 Å². The van der Waals surface area contributed by atoms with Gasteiger partial charge in [-0.1, -0.05) is 40.0 Å². The summed E-state index contributed by atoms with van der Waals surface area (Å²) in [5.74, 6) is 0. The zero-order chi connectivity index (χ0) is 26.5. The molecule has 0 unspecified atom stereocenters. The van der Waals surface area contributed by atoms with Crippen molar-refractivity contribution in [1.29, 1.82) is 0 Å². The Labute approximate surface area is 226 Å². The van der Waals surface area contributed by atoms with Crippen LogP contribution in [-0.4, -0.2) is 65.8 Å². The van der Waals surface area contributed by atoms with Gasteiger partial charge in [0.05, 0.1) is 16.8 Å². The van der Waals surface area contributed by atoms with E-state index in [1.165, 1.54) is 0 Å². The molecule has 0 saturated carbocycles. The predicted octanol–water partition coefficient (Wildman–Crippen LogP) is 5.19. The molecule has 0 amide bonds. The van der Waals surface area contributed by atoms with Crippen molar-refractivity contribution >= 4 is 9.05 Å². The van der Waals surface area contributed by atoms with E-state index in [9.17, 15) is 4.80 Å². The summed E-state index contributed by atoms with van der Waals surface area (Å²) in [5, 5.41) is 24.2. The van der Waals surface area contributed by atoms with Gasteiger partial charge in [-0.25, -0.2) is 0 Å². The zero-order valence-corrected chi connectivity index (χ0v) is 27.3. The fourth-order valence-corrected chi connectivity index (χ4v) is 4.14. The van der Waals surface area contributed by atoms with E-state index in [4.69, 9.17) is 28.6 Å². The first-order valence-electron chi connectivity index (χ1n) is 12.0. The average Bonchev–Trinajstić information content (AvgIpc) is 2.53. The van der Waals surface area contributed by atoms with Gasteiger partial charge in [0, 0.05) is 46.0 Å². The van der Waals surface area contributed by atoms with E-state index < -0.39 is 25.9 Å². The molecule has 33 heavy (non-hydrogen) atoms. The molecular weight excluding hydrogens is 520 g/mol. The summed E-state index contributed by atoms with van der Waals surface area (Å²) in [6, 6.07) is 0. The van der Waals surface area contributed by atoms with E-state index in [1.807, 2.05) is 62.3 Å². The molecule has 0 aliphatic rings. The molecule has 0 atom stereocenters. The smallest absolute Gasteiger partial charge is 0.396 e. The molecule has 0 saturated heterocycles. The molecule has 0 heterocycles. The zero-order valence-electron chi connectivity index (χ0n) is 23.9. The molecule has 0 aliphatic carbocycles. The van der Waals surface area contributed by atoms with Gasteiger partial charge in [0.25, 0.3) is 0 Å². The summed E-state index contributed by atoms with van der Waals surface area (Å²) in [6.45, 7) is 24.0. The molecule has 0 radical (unpaired) electrons. The Bertz CT molecular complexity index is 317. The quantitative estimate of drug-likeness (QED) is 0.279. The Morgan fingerprint density at radius 2 is 0.697 bits per heavy atom. The Hall–Kier alpha value is 0.820. The van der Waals surface area contributed by atoms with Crippen LogP contribution < -0.4 is 0 Å². The minimum atomic E-state index is -3.66. The molecule has 0 fully saturated rings. The molecule has 0 aliphatic heterocycles. The van der Waals surface area contributed by atoms with Crippen LogP contribution in [-0.2, 0) is 39.5 Å². The summed E-state index contributed by atoms with van der Waals surface area (Å²) in [4.78, 5) is 10.5. The molecule has 4 N–H and O–H groups in total. The number of hydrogen-bond donors (Lipinski definition) is 4. The number of aliphatic hydroxyl groups excluding tert-OH is 3. The fourth-order valence-electron chi connectivity index (χ4n) is 1.70. The summed E-state index contributed by atoms with van der Waals surface area (Å²) in [5.41, 5.74) is -1.55. The van der Waals surface area contributed by atoms with Crippen LogP contribution in [0.3, 0.4) is 0 Å². The summed E-state index contributed by atoms with van der Waals surface area (Å²) < 4.78 is 16.9. The molecule has 7 nitrogen and oxygen atoms in total. The van der Waals surface area contributed by atoms with Crippen LogP contribution in [0.25, 0.3) is 0 Å². The summed E-state index contributed by atoms with van der Waals surface area (Å²) >= 11 is 0. The van der Waals surface area contributed by atoms with E-state index in [2.05, 4.69) is 20.8 Å². The molecule has 0 rings (SSSR count). The summed E-state index contributed by atoms with van der Waals surface area (Å²) in [6.07, 6.45) is 6.11. The first-order valence-corrected chi connectivity index (χ1v) is 13.7. The van der Waals surface area contributed by atoms with Crippen molar-refractivity contribution in [1.82, 2.24) is 0 Å². The van der Waals surface area contributed by atoms with Crippen LogP contribution in [0, 0.1) is 0 Å². The van der Waals surface area contributed by atoms with Gasteiger partial charge in [0.15, 0.2) is 0 Å². The van der Waals surface area contributed by atoms with Crippen molar-refractivity contribution in [2.24, 2.45) is 0 Å². The third-order valence-electron chi connectivity index (χ3n) is 2.84. The molecule has 9 heteroatoms. The maximum Gasteiger partial charge on any atom is 0.678 e. The molecular formula is C24H58O7SiZr. The minimum Gasteiger partial charge on any atom is -0.396 e. The maximum atomic E-state index is 10.5. The van der Waals surface area contributed by atoms with Gasteiger partial charge in [-0.2, -0.15) is 0 Å². The van der Waals surface area contributed by atoms with Crippen molar-refractivity contribution < 1.29 is 59.6 Å². The van der Waals surface area contributed by atoms with Crippen molar-refractivity contribution in [3.05, 3.63) is 0 Å². The minimum absolute atomic E-state index is 0. The Morgan fingerprint density at radius 1 is 0.515 bits per heavy atom. The van der Waals surface area contributed by atoms with Gasteiger partial charge in [-0.15, -0.1) is 0 Å². The predicted molar refractivity (Wildman–Crippen MR) is 136 cm³/mol. The summed E-state index contributed by atoms with van der Waals surface area (Å²) in [7, 11) is -3.66. The standard InChI is InChI=1S/C12H28O4Si.3C4H10O.Zr/c1-10(2,3)14-17(13,15-11(4,5)6)16-12(7,8)9;3*1-2-3-4-5;/h13H,1-9H3;3*5H,2-4H2,1H3;. The third kappa shape index (κ3) is 50.6. The number of hydrogen-bond acceptors (Lipinski definition) is 7. The number of unbranched alkanes of at least 4 members (excludes halogenated alkanes) is 3. The maximum absolute atomic E-state index is 10.5. The van der Waals surface area contributed by atoms with E-state index in [0.717, 1.165) is 38.5 Å². The van der Waals surface area contributed by atoms with Crippen molar-refractivity contribution in [2.45, 2.75) is 138 Å². The van der Waals surface area contributed by atoms with E-state index in [0.29, 0.717) is 19.8 Å². The molecule has 0 aromatic carbocycles. The first kappa shape index (κ1) is 43.9. The van der Waals surface area contributed by atoms with Crippen molar-refractivity contribution in [2.75, 3.05) is 19.8 Å². The first-order chi connectivity index (χ1) is 14.4. The monoisotopic (exact) mass is 576 g/mol. The second kappa shape index (κ2) is 24.5. The molecule has 0 bridgehead atoms. The van der Waals surface area contributed by atoms with Crippen molar-refractivity contribution in [3.8, 4) is 0 Å². The topological polar surface area (TPSA) is 109 Å². The van der Waals surface area contributed by atoms with E-state index in [-0.39, 0.29) is 26.2 Å². The Kier molecular flexibility index (Phi) is 32.6. The van der Waals surface area contributed by atoms with Gasteiger partial charge >= 0.3 is 9.05 Å². The van der Waals surface area contributed by atoms with Crippen LogP contribution in [0.4, 0.5) is 0 Å². The van der Waals surface area contributed by atoms with Crippen molar-refractivity contribution in [3.63, 3.8) is 0 Å². The van der Waals surface area contributed by atoms with Crippen LogP contribution >= 0.6 is 0 Å². The van der Waals surface area contributed by atoms with E-state index in [1.54, 1.807) is 0 Å². The largest absolute Gasteiger partial charge is 0.678 e. The molecule has 204 valence electrons. The Morgan fingerprint density at radius 3 is 0.758 bits per heavy atom. The van der Waals surface area contributed by atoms with Gasteiger partial charge in [-0.3, -0.25) is 0 Å². The van der Waals surface area contributed by atoms with Crippen LogP contribution in [0.5, 0.6) is 0 Å². The van der Waals surface area contributed by atoms with E-state index >= 15 is 0 Å². The van der Waals surface area contributed by atoms with Crippen LogP contribution in [0.1, 0.15) is 122 Å². The third-order valence-corrected chi connectivity index (χ3v) is 5.45. The second-order valence-electron chi connectivity index (χ2n) is 10.4. The Balaban J connectivity index is -0.000000133. The van der Waals surface area contributed by atoms with Crippen LogP contribution in [0.15, 0.2) is 0 Å². The van der Waals surface area contributed by atoms with Crippen LogP contribution in [0.2, 0.25) is 0 Å². The number of rotatable bonds is 9. The van der Waals surface area contributed by atoms with Gasteiger partial charge < -0.3 is 33.4 Å². The molecule has 0 aromatic heterocycles. The molecule has 0 aromatic rings.